The molecule has 0 aliphatic heterocycles. The number of esters is 1. The van der Waals surface area contributed by atoms with Gasteiger partial charge in [0.05, 0.1) is 24.3 Å². The molecule has 0 saturated heterocycles. The van der Waals surface area contributed by atoms with Crippen LogP contribution in [0.25, 0.3) is 0 Å². The molecule has 2 aromatic heterocycles. The van der Waals surface area contributed by atoms with Crippen LogP contribution in [0.15, 0.2) is 61.1 Å². The van der Waals surface area contributed by atoms with Crippen molar-refractivity contribution in [2.24, 2.45) is 0 Å². The van der Waals surface area contributed by atoms with E-state index in [0.29, 0.717) is 17.9 Å². The molecule has 0 radical (unpaired) electrons. The summed E-state index contributed by atoms with van der Waals surface area (Å²) < 4.78 is 4.91. The standard InChI is InChI=1S/C22H21N3O3/c1-2-28-22(27)17-9-11-20(23-14-17)21(26)13-19-12-18(24-15-25-19)10-8-16-6-4-3-5-7-16/h3-7,9,11-12,14-15H,2,8,10,13H2,1H3. The number of hydrogen-bond acceptors (Lipinski definition) is 6. The summed E-state index contributed by atoms with van der Waals surface area (Å²) in [4.78, 5) is 36.7. The maximum absolute atomic E-state index is 12.5. The van der Waals surface area contributed by atoms with Gasteiger partial charge in [-0.15, -0.1) is 0 Å². The minimum atomic E-state index is -0.451. The summed E-state index contributed by atoms with van der Waals surface area (Å²) in [5, 5.41) is 0. The number of nitrogens with zero attached hydrogens (tertiary/aromatic N) is 3. The molecule has 3 aromatic rings. The molecule has 0 aliphatic carbocycles. The van der Waals surface area contributed by atoms with Crippen molar-refractivity contribution in [2.45, 2.75) is 26.2 Å². The third-order valence-electron chi connectivity index (χ3n) is 4.19. The Morgan fingerprint density at radius 2 is 1.71 bits per heavy atom. The Labute approximate surface area is 163 Å². The van der Waals surface area contributed by atoms with Crippen molar-refractivity contribution in [3.05, 3.63) is 89.3 Å². The van der Waals surface area contributed by atoms with E-state index in [1.807, 2.05) is 24.3 Å². The van der Waals surface area contributed by atoms with E-state index in [1.165, 1.54) is 24.2 Å². The summed E-state index contributed by atoms with van der Waals surface area (Å²) in [6.45, 7) is 2.03. The van der Waals surface area contributed by atoms with Gasteiger partial charge in [0.2, 0.25) is 0 Å². The van der Waals surface area contributed by atoms with Gasteiger partial charge in [-0.3, -0.25) is 9.78 Å². The largest absolute Gasteiger partial charge is 0.462 e. The van der Waals surface area contributed by atoms with Gasteiger partial charge in [0, 0.05) is 11.9 Å². The van der Waals surface area contributed by atoms with Crippen molar-refractivity contribution < 1.29 is 14.3 Å². The van der Waals surface area contributed by atoms with Gasteiger partial charge >= 0.3 is 5.97 Å². The van der Waals surface area contributed by atoms with Crippen LogP contribution in [0, 0.1) is 0 Å². The minimum absolute atomic E-state index is 0.132. The van der Waals surface area contributed by atoms with Crippen molar-refractivity contribution in [3.8, 4) is 0 Å². The maximum atomic E-state index is 12.5. The maximum Gasteiger partial charge on any atom is 0.339 e. The van der Waals surface area contributed by atoms with Crippen molar-refractivity contribution in [1.29, 1.82) is 0 Å². The molecule has 1 aromatic carbocycles. The zero-order chi connectivity index (χ0) is 19.8. The molecule has 28 heavy (non-hydrogen) atoms. The van der Waals surface area contributed by atoms with Gasteiger partial charge in [0.15, 0.2) is 5.78 Å². The number of rotatable bonds is 8. The van der Waals surface area contributed by atoms with Gasteiger partial charge in [-0.05, 0) is 43.5 Å². The van der Waals surface area contributed by atoms with E-state index in [4.69, 9.17) is 4.74 Å². The van der Waals surface area contributed by atoms with E-state index in [1.54, 1.807) is 13.0 Å². The van der Waals surface area contributed by atoms with E-state index >= 15 is 0 Å². The smallest absolute Gasteiger partial charge is 0.339 e. The molecule has 0 spiro atoms. The lowest BCUT2D eigenvalue weighted by Gasteiger charge is -2.05. The normalized spacial score (nSPS) is 10.5. The number of carbonyl (C=O) groups excluding carboxylic acids is 2. The zero-order valence-corrected chi connectivity index (χ0v) is 15.7. The average molecular weight is 375 g/mol. The second-order valence-corrected chi connectivity index (χ2v) is 6.24. The second kappa shape index (κ2) is 9.50. The highest BCUT2D eigenvalue weighted by Crippen LogP contribution is 2.09. The van der Waals surface area contributed by atoms with Gasteiger partial charge < -0.3 is 4.74 Å². The molecular formula is C22H21N3O3. The molecule has 0 amide bonds. The number of benzene rings is 1. The second-order valence-electron chi connectivity index (χ2n) is 6.24. The molecule has 2 heterocycles. The molecule has 3 rings (SSSR count). The van der Waals surface area contributed by atoms with Crippen LogP contribution in [0.2, 0.25) is 0 Å². The monoisotopic (exact) mass is 375 g/mol. The number of ether oxygens (including phenoxy) is 1. The number of ketones is 1. The van der Waals surface area contributed by atoms with Crippen molar-refractivity contribution in [1.82, 2.24) is 15.0 Å². The Hall–Kier alpha value is -3.41. The SMILES string of the molecule is CCOC(=O)c1ccc(C(=O)Cc2cc(CCc3ccccc3)ncn2)nc1. The third kappa shape index (κ3) is 5.30. The van der Waals surface area contributed by atoms with Crippen LogP contribution in [0.1, 0.15) is 44.7 Å². The molecule has 6 heteroatoms. The lowest BCUT2D eigenvalue weighted by atomic mass is 10.1. The molecule has 142 valence electrons. The quantitative estimate of drug-likeness (QED) is 0.444. The van der Waals surface area contributed by atoms with E-state index in [9.17, 15) is 9.59 Å². The number of Topliss-reactive ketones (excluding diaryl/α,β-unsaturated/α-hetero) is 1. The van der Waals surface area contributed by atoms with Crippen LogP contribution in [0.4, 0.5) is 0 Å². The fraction of sp³-hybridized carbons (Fsp3) is 0.227. The first-order chi connectivity index (χ1) is 13.7. The Kier molecular flexibility index (Phi) is 6.57. The molecule has 0 atom stereocenters. The Balaban J connectivity index is 1.61. The zero-order valence-electron chi connectivity index (χ0n) is 15.7. The van der Waals surface area contributed by atoms with Gasteiger partial charge in [0.1, 0.15) is 12.0 Å². The number of aromatic nitrogens is 3. The lowest BCUT2D eigenvalue weighted by molar-refractivity contribution is 0.0525. The first kappa shape index (κ1) is 19.4. The topological polar surface area (TPSA) is 82.0 Å². The van der Waals surface area contributed by atoms with E-state index in [-0.39, 0.29) is 17.9 Å². The minimum Gasteiger partial charge on any atom is -0.462 e. The Morgan fingerprint density at radius 1 is 0.929 bits per heavy atom. The predicted octanol–water partition coefficient (Wildman–Crippen LogP) is 3.26. The van der Waals surface area contributed by atoms with Crippen LogP contribution in [0.5, 0.6) is 0 Å². The van der Waals surface area contributed by atoms with E-state index in [0.717, 1.165) is 18.5 Å². The van der Waals surface area contributed by atoms with E-state index in [2.05, 4.69) is 27.1 Å². The Morgan fingerprint density at radius 3 is 2.43 bits per heavy atom. The molecule has 0 unspecified atom stereocenters. The molecule has 0 saturated carbocycles. The van der Waals surface area contributed by atoms with Crippen molar-refractivity contribution in [3.63, 3.8) is 0 Å². The summed E-state index contributed by atoms with van der Waals surface area (Å²) in [5.74, 6) is -0.615. The average Bonchev–Trinajstić information content (AvgIpc) is 2.73. The fourth-order valence-electron chi connectivity index (χ4n) is 2.74. The highest BCUT2D eigenvalue weighted by atomic mass is 16.5. The number of pyridine rings is 1. The summed E-state index contributed by atoms with van der Waals surface area (Å²) in [5.41, 5.74) is 3.40. The van der Waals surface area contributed by atoms with Crippen LogP contribution < -0.4 is 0 Å². The van der Waals surface area contributed by atoms with Crippen molar-refractivity contribution in [2.75, 3.05) is 6.61 Å². The number of carbonyl (C=O) groups is 2. The lowest BCUT2D eigenvalue weighted by Crippen LogP contribution is -2.10. The van der Waals surface area contributed by atoms with Crippen LogP contribution in [0.3, 0.4) is 0 Å². The van der Waals surface area contributed by atoms with Crippen LogP contribution >= 0.6 is 0 Å². The highest BCUT2D eigenvalue weighted by molar-refractivity contribution is 5.96. The summed E-state index contributed by atoms with van der Waals surface area (Å²) in [7, 11) is 0. The molecular weight excluding hydrogens is 354 g/mol. The number of aryl methyl sites for hydroxylation is 2. The first-order valence-electron chi connectivity index (χ1n) is 9.16. The molecule has 0 N–H and O–H groups in total. The third-order valence-corrected chi connectivity index (χ3v) is 4.19. The van der Waals surface area contributed by atoms with Gasteiger partial charge in [0.25, 0.3) is 0 Å². The highest BCUT2D eigenvalue weighted by Gasteiger charge is 2.13. The first-order valence-corrected chi connectivity index (χ1v) is 9.16. The summed E-state index contributed by atoms with van der Waals surface area (Å²) in [6.07, 6.45) is 4.63. The van der Waals surface area contributed by atoms with Gasteiger partial charge in [-0.1, -0.05) is 30.3 Å². The summed E-state index contributed by atoms with van der Waals surface area (Å²) in [6, 6.07) is 15.1. The fourth-order valence-corrected chi connectivity index (χ4v) is 2.74. The number of hydrogen-bond donors (Lipinski definition) is 0. The van der Waals surface area contributed by atoms with Gasteiger partial charge in [-0.25, -0.2) is 14.8 Å². The molecule has 6 nitrogen and oxygen atoms in total. The van der Waals surface area contributed by atoms with Crippen LogP contribution in [-0.4, -0.2) is 33.3 Å². The van der Waals surface area contributed by atoms with Gasteiger partial charge in [-0.2, -0.15) is 0 Å². The summed E-state index contributed by atoms with van der Waals surface area (Å²) >= 11 is 0. The molecule has 0 aliphatic rings. The van der Waals surface area contributed by atoms with Crippen molar-refractivity contribution >= 4 is 11.8 Å². The van der Waals surface area contributed by atoms with E-state index < -0.39 is 5.97 Å². The van der Waals surface area contributed by atoms with Crippen LogP contribution in [-0.2, 0) is 24.0 Å². The Bertz CT molecular complexity index is 941. The molecule has 0 fully saturated rings. The molecule has 0 bridgehead atoms. The predicted molar refractivity (Wildman–Crippen MR) is 104 cm³/mol.